The van der Waals surface area contributed by atoms with E-state index in [9.17, 15) is 9.90 Å². The number of rotatable bonds is 13. The van der Waals surface area contributed by atoms with E-state index in [0.29, 0.717) is 45.7 Å². The van der Waals surface area contributed by atoms with Crippen molar-refractivity contribution < 1.29 is 28.8 Å². The molecule has 1 N–H and O–H groups in total. The van der Waals surface area contributed by atoms with E-state index in [0.717, 1.165) is 38.7 Å². The number of ether oxygens (including phenoxy) is 4. The number of carboxylic acids is 1. The molecule has 3 rings (SSSR count). The maximum absolute atomic E-state index is 12.4. The molecule has 3 heterocycles. The van der Waals surface area contributed by atoms with Crippen molar-refractivity contribution >= 4 is 5.97 Å². The highest BCUT2D eigenvalue weighted by Crippen LogP contribution is 2.56. The van der Waals surface area contributed by atoms with Crippen LogP contribution in [-0.2, 0) is 23.7 Å². The van der Waals surface area contributed by atoms with Crippen molar-refractivity contribution in [1.29, 1.82) is 0 Å². The monoisotopic (exact) mass is 412 g/mol. The van der Waals surface area contributed by atoms with Crippen molar-refractivity contribution in [2.75, 3.05) is 33.0 Å². The molecule has 168 valence electrons. The van der Waals surface area contributed by atoms with Crippen molar-refractivity contribution in [3.05, 3.63) is 0 Å². The molecular weight excluding hydrogens is 372 g/mol. The lowest BCUT2D eigenvalue weighted by Crippen LogP contribution is -2.70. The third-order valence-electron chi connectivity index (χ3n) is 7.17. The van der Waals surface area contributed by atoms with Crippen LogP contribution in [0.25, 0.3) is 0 Å². The highest BCUT2D eigenvalue weighted by atomic mass is 16.6. The first-order chi connectivity index (χ1) is 14.1. The maximum atomic E-state index is 12.4. The van der Waals surface area contributed by atoms with Crippen molar-refractivity contribution in [3.63, 3.8) is 0 Å². The molecule has 0 aromatic heterocycles. The molecule has 0 aromatic rings. The van der Waals surface area contributed by atoms with Gasteiger partial charge in [-0.2, -0.15) is 0 Å². The Bertz CT molecular complexity index is 501. The fourth-order valence-electron chi connectivity index (χ4n) is 5.72. The molecule has 29 heavy (non-hydrogen) atoms. The van der Waals surface area contributed by atoms with Crippen molar-refractivity contribution in [1.82, 2.24) is 0 Å². The Hall–Kier alpha value is -0.690. The minimum absolute atomic E-state index is 0.474. The summed E-state index contributed by atoms with van der Waals surface area (Å²) < 4.78 is 24.6. The SMILES string of the molecule is CCCCCCCCOCC[C@@]1([C@@]2([C@]3(C(=O)O)CCCO3)CCCO2)CCCO1. The second-order valence-corrected chi connectivity index (χ2v) is 8.94. The maximum Gasteiger partial charge on any atom is 0.339 e. The van der Waals surface area contributed by atoms with Gasteiger partial charge < -0.3 is 24.1 Å². The molecule has 0 aromatic carbocycles. The van der Waals surface area contributed by atoms with Gasteiger partial charge in [0.25, 0.3) is 0 Å². The second-order valence-electron chi connectivity index (χ2n) is 8.94. The van der Waals surface area contributed by atoms with Crippen molar-refractivity contribution in [2.45, 2.75) is 107 Å². The summed E-state index contributed by atoms with van der Waals surface area (Å²) in [6.45, 7) is 5.27. The number of unbranched alkanes of at least 4 members (excludes halogenated alkanes) is 5. The summed E-state index contributed by atoms with van der Waals surface area (Å²) in [5.41, 5.74) is -2.84. The molecule has 3 fully saturated rings. The van der Waals surface area contributed by atoms with Gasteiger partial charge in [0.2, 0.25) is 0 Å². The van der Waals surface area contributed by atoms with E-state index in [1.807, 2.05) is 0 Å². The summed E-state index contributed by atoms with van der Waals surface area (Å²) in [5.74, 6) is -0.903. The van der Waals surface area contributed by atoms with E-state index in [1.165, 1.54) is 32.1 Å². The second kappa shape index (κ2) is 10.6. The van der Waals surface area contributed by atoms with Crippen LogP contribution in [0, 0.1) is 0 Å². The van der Waals surface area contributed by atoms with Gasteiger partial charge in [-0.3, -0.25) is 0 Å². The number of aliphatic carboxylic acids is 1. The molecule has 3 saturated heterocycles. The van der Waals surface area contributed by atoms with Crippen LogP contribution in [0.1, 0.15) is 90.4 Å². The Morgan fingerprint density at radius 1 is 0.862 bits per heavy atom. The summed E-state index contributed by atoms with van der Waals surface area (Å²) in [6, 6.07) is 0. The standard InChI is InChI=1S/C23H40O6/c1-2-3-4-5-6-7-15-26-19-14-21(11-8-16-27-21)23(13-10-18-29-23)22(20(24)25)12-9-17-28-22/h2-19H2,1H3,(H,24,25)/t21-,22-,23-/m1/s1. The number of carbonyl (C=O) groups is 1. The zero-order valence-corrected chi connectivity index (χ0v) is 18.2. The van der Waals surface area contributed by atoms with Crippen molar-refractivity contribution in [2.24, 2.45) is 0 Å². The molecule has 0 saturated carbocycles. The van der Waals surface area contributed by atoms with Gasteiger partial charge in [0, 0.05) is 39.5 Å². The van der Waals surface area contributed by atoms with E-state index in [1.54, 1.807) is 0 Å². The fraction of sp³-hybridized carbons (Fsp3) is 0.957. The van der Waals surface area contributed by atoms with Crippen LogP contribution in [-0.4, -0.2) is 60.9 Å². The van der Waals surface area contributed by atoms with E-state index in [4.69, 9.17) is 18.9 Å². The first kappa shape index (κ1) is 23.0. The van der Waals surface area contributed by atoms with Crippen LogP contribution in [0.4, 0.5) is 0 Å². The molecule has 0 bridgehead atoms. The van der Waals surface area contributed by atoms with E-state index in [2.05, 4.69) is 6.92 Å². The van der Waals surface area contributed by atoms with Crippen LogP contribution < -0.4 is 0 Å². The lowest BCUT2D eigenvalue weighted by atomic mass is 9.65. The molecule has 3 atom stereocenters. The number of carboxylic acid groups (broad SMARTS) is 1. The molecular formula is C23H40O6. The van der Waals surface area contributed by atoms with Gasteiger partial charge in [-0.1, -0.05) is 39.0 Å². The molecule has 3 aliphatic rings. The molecule has 0 amide bonds. The Labute approximate surface area is 175 Å². The molecule has 6 heteroatoms. The first-order valence-electron chi connectivity index (χ1n) is 11.9. The van der Waals surface area contributed by atoms with Crippen molar-refractivity contribution in [3.8, 4) is 0 Å². The average molecular weight is 413 g/mol. The number of hydrogen-bond donors (Lipinski definition) is 1. The third-order valence-corrected chi connectivity index (χ3v) is 7.17. The summed E-state index contributed by atoms with van der Waals surface area (Å²) in [7, 11) is 0. The molecule has 0 radical (unpaired) electrons. The van der Waals surface area contributed by atoms with Gasteiger partial charge in [-0.05, 0) is 44.9 Å². The molecule has 6 nitrogen and oxygen atoms in total. The highest BCUT2D eigenvalue weighted by molar-refractivity contribution is 5.80. The third kappa shape index (κ3) is 4.51. The summed E-state index contributed by atoms with van der Waals surface area (Å²) in [4.78, 5) is 12.4. The molecule has 0 unspecified atom stereocenters. The van der Waals surface area contributed by atoms with Crippen LogP contribution in [0.2, 0.25) is 0 Å². The van der Waals surface area contributed by atoms with E-state index >= 15 is 0 Å². The van der Waals surface area contributed by atoms with Gasteiger partial charge in [0.1, 0.15) is 11.2 Å². The van der Waals surface area contributed by atoms with Gasteiger partial charge >= 0.3 is 5.97 Å². The average Bonchev–Trinajstić information content (AvgIpc) is 3.47. The minimum Gasteiger partial charge on any atom is -0.479 e. The number of hydrogen-bond acceptors (Lipinski definition) is 5. The van der Waals surface area contributed by atoms with Crippen LogP contribution in [0.15, 0.2) is 0 Å². The normalized spacial score (nSPS) is 34.8. The van der Waals surface area contributed by atoms with E-state index in [-0.39, 0.29) is 0 Å². The Morgan fingerprint density at radius 3 is 2.17 bits per heavy atom. The summed E-state index contributed by atoms with van der Waals surface area (Å²) in [6.07, 6.45) is 12.6. The molecule has 0 spiro atoms. The smallest absolute Gasteiger partial charge is 0.339 e. The zero-order valence-electron chi connectivity index (χ0n) is 18.2. The molecule has 3 aliphatic heterocycles. The Morgan fingerprint density at radius 2 is 1.55 bits per heavy atom. The quantitative estimate of drug-likeness (QED) is 0.450. The summed E-state index contributed by atoms with van der Waals surface area (Å²) >= 11 is 0. The molecule has 0 aliphatic carbocycles. The lowest BCUT2D eigenvalue weighted by molar-refractivity contribution is -0.260. The Balaban J connectivity index is 1.62. The minimum atomic E-state index is -1.30. The fourth-order valence-corrected chi connectivity index (χ4v) is 5.72. The van der Waals surface area contributed by atoms with Gasteiger partial charge in [-0.25, -0.2) is 4.79 Å². The predicted octanol–water partition coefficient (Wildman–Crippen LogP) is 4.49. The predicted molar refractivity (Wildman–Crippen MR) is 110 cm³/mol. The van der Waals surface area contributed by atoms with E-state index < -0.39 is 22.8 Å². The van der Waals surface area contributed by atoms with Crippen LogP contribution in [0.3, 0.4) is 0 Å². The zero-order chi connectivity index (χ0) is 20.6. The summed E-state index contributed by atoms with van der Waals surface area (Å²) in [5, 5.41) is 10.2. The Kier molecular flexibility index (Phi) is 8.37. The van der Waals surface area contributed by atoms with Crippen LogP contribution in [0.5, 0.6) is 0 Å². The lowest BCUT2D eigenvalue weighted by Gasteiger charge is -2.52. The topological polar surface area (TPSA) is 74.2 Å². The van der Waals surface area contributed by atoms with Gasteiger partial charge in [-0.15, -0.1) is 0 Å². The highest BCUT2D eigenvalue weighted by Gasteiger charge is 2.71. The van der Waals surface area contributed by atoms with Crippen LogP contribution >= 0.6 is 0 Å². The van der Waals surface area contributed by atoms with Gasteiger partial charge in [0.05, 0.1) is 0 Å². The van der Waals surface area contributed by atoms with Gasteiger partial charge in [0.15, 0.2) is 5.60 Å². The first-order valence-corrected chi connectivity index (χ1v) is 11.9. The largest absolute Gasteiger partial charge is 0.479 e.